The normalized spacial score (nSPS) is 10.2. The quantitative estimate of drug-likeness (QED) is 0.785. The first kappa shape index (κ1) is 14.8. The SMILES string of the molecule is CCOC(=O)c1nn(-c2ccc(OCC)cc2)ccc1=O. The van der Waals surface area contributed by atoms with Gasteiger partial charge < -0.3 is 9.47 Å². The number of aromatic nitrogens is 2. The summed E-state index contributed by atoms with van der Waals surface area (Å²) in [4.78, 5) is 23.3. The number of hydrogen-bond donors (Lipinski definition) is 0. The van der Waals surface area contributed by atoms with E-state index in [9.17, 15) is 9.59 Å². The van der Waals surface area contributed by atoms with E-state index in [2.05, 4.69) is 5.10 Å². The van der Waals surface area contributed by atoms with Crippen LogP contribution in [-0.2, 0) is 4.74 Å². The van der Waals surface area contributed by atoms with Crippen LogP contribution in [0.5, 0.6) is 5.75 Å². The fraction of sp³-hybridized carbons (Fsp3) is 0.267. The molecule has 0 fully saturated rings. The molecule has 0 aliphatic rings. The van der Waals surface area contributed by atoms with Gasteiger partial charge in [-0.1, -0.05) is 0 Å². The van der Waals surface area contributed by atoms with Crippen molar-refractivity contribution in [3.05, 3.63) is 52.4 Å². The fourth-order valence-electron chi connectivity index (χ4n) is 1.75. The molecule has 0 amide bonds. The van der Waals surface area contributed by atoms with E-state index >= 15 is 0 Å². The van der Waals surface area contributed by atoms with Crippen molar-refractivity contribution in [2.45, 2.75) is 13.8 Å². The van der Waals surface area contributed by atoms with Crippen LogP contribution in [0, 0.1) is 0 Å². The lowest BCUT2D eigenvalue weighted by atomic mass is 10.3. The lowest BCUT2D eigenvalue weighted by molar-refractivity contribution is 0.0515. The second kappa shape index (κ2) is 6.69. The van der Waals surface area contributed by atoms with Gasteiger partial charge in [-0.25, -0.2) is 9.48 Å². The zero-order chi connectivity index (χ0) is 15.2. The third-order valence-corrected chi connectivity index (χ3v) is 2.69. The summed E-state index contributed by atoms with van der Waals surface area (Å²) in [7, 11) is 0. The first-order valence-corrected chi connectivity index (χ1v) is 6.66. The van der Waals surface area contributed by atoms with Crippen LogP contribution >= 0.6 is 0 Å². The molecule has 2 aromatic rings. The first-order chi connectivity index (χ1) is 10.2. The van der Waals surface area contributed by atoms with Gasteiger partial charge in [0.15, 0.2) is 0 Å². The topological polar surface area (TPSA) is 70.4 Å². The molecule has 0 bridgehead atoms. The Morgan fingerprint density at radius 2 is 1.86 bits per heavy atom. The molecule has 0 saturated carbocycles. The minimum absolute atomic E-state index is 0.192. The van der Waals surface area contributed by atoms with Crippen LogP contribution in [0.3, 0.4) is 0 Å². The summed E-state index contributed by atoms with van der Waals surface area (Å²) in [6.07, 6.45) is 1.50. The third kappa shape index (κ3) is 3.47. The number of carbonyl (C=O) groups is 1. The van der Waals surface area contributed by atoms with Gasteiger partial charge in [-0.05, 0) is 38.1 Å². The molecule has 1 aromatic heterocycles. The Balaban J connectivity index is 2.34. The summed E-state index contributed by atoms with van der Waals surface area (Å²) in [6.45, 7) is 4.36. The molecule has 110 valence electrons. The van der Waals surface area contributed by atoms with Crippen molar-refractivity contribution in [3.8, 4) is 11.4 Å². The highest BCUT2D eigenvalue weighted by atomic mass is 16.5. The maximum absolute atomic E-state index is 11.7. The Morgan fingerprint density at radius 1 is 1.14 bits per heavy atom. The summed E-state index contributed by atoms with van der Waals surface area (Å²) in [5, 5.41) is 4.03. The van der Waals surface area contributed by atoms with Crippen molar-refractivity contribution in [2.75, 3.05) is 13.2 Å². The van der Waals surface area contributed by atoms with Gasteiger partial charge in [-0.2, -0.15) is 5.10 Å². The van der Waals surface area contributed by atoms with Gasteiger partial charge in [0.2, 0.25) is 11.1 Å². The zero-order valence-electron chi connectivity index (χ0n) is 11.9. The maximum atomic E-state index is 11.7. The Labute approximate surface area is 121 Å². The number of hydrogen-bond acceptors (Lipinski definition) is 5. The molecular formula is C15H16N2O4. The molecule has 0 unspecified atom stereocenters. The lowest BCUT2D eigenvalue weighted by Gasteiger charge is -2.08. The Hall–Kier alpha value is -2.63. The van der Waals surface area contributed by atoms with Crippen LogP contribution in [0.15, 0.2) is 41.3 Å². The minimum atomic E-state index is -0.720. The van der Waals surface area contributed by atoms with Crippen LogP contribution in [0.25, 0.3) is 5.69 Å². The van der Waals surface area contributed by atoms with E-state index < -0.39 is 11.4 Å². The summed E-state index contributed by atoms with van der Waals surface area (Å²) in [5.74, 6) is 0.0238. The largest absolute Gasteiger partial charge is 0.494 e. The van der Waals surface area contributed by atoms with E-state index in [-0.39, 0.29) is 12.3 Å². The summed E-state index contributed by atoms with van der Waals surface area (Å²) < 4.78 is 11.6. The van der Waals surface area contributed by atoms with E-state index in [4.69, 9.17) is 9.47 Å². The average Bonchev–Trinajstić information content (AvgIpc) is 2.49. The van der Waals surface area contributed by atoms with E-state index in [0.717, 1.165) is 5.75 Å². The molecule has 21 heavy (non-hydrogen) atoms. The van der Waals surface area contributed by atoms with E-state index in [1.807, 2.05) is 6.92 Å². The van der Waals surface area contributed by atoms with Gasteiger partial charge in [0, 0.05) is 12.3 Å². The van der Waals surface area contributed by atoms with Crippen LogP contribution in [0.1, 0.15) is 24.3 Å². The predicted molar refractivity (Wildman–Crippen MR) is 77.0 cm³/mol. The average molecular weight is 288 g/mol. The number of benzene rings is 1. The predicted octanol–water partition coefficient (Wildman–Crippen LogP) is 1.81. The number of nitrogens with zero attached hydrogens (tertiary/aromatic N) is 2. The van der Waals surface area contributed by atoms with Crippen LogP contribution in [0.4, 0.5) is 0 Å². The van der Waals surface area contributed by atoms with Crippen LogP contribution < -0.4 is 10.2 Å². The molecule has 0 radical (unpaired) electrons. The molecule has 1 aromatic carbocycles. The smallest absolute Gasteiger partial charge is 0.362 e. The molecule has 0 aliphatic heterocycles. The maximum Gasteiger partial charge on any atom is 0.362 e. The molecule has 0 atom stereocenters. The van der Waals surface area contributed by atoms with E-state index in [1.54, 1.807) is 31.2 Å². The standard InChI is InChI=1S/C15H16N2O4/c1-3-20-12-7-5-11(6-8-12)17-10-9-13(18)14(16-17)15(19)21-4-2/h5-10H,3-4H2,1-2H3. The minimum Gasteiger partial charge on any atom is -0.494 e. The van der Waals surface area contributed by atoms with Gasteiger partial charge in [0.1, 0.15) is 5.75 Å². The highest BCUT2D eigenvalue weighted by molar-refractivity contribution is 5.86. The second-order valence-corrected chi connectivity index (χ2v) is 4.12. The van der Waals surface area contributed by atoms with Crippen molar-refractivity contribution < 1.29 is 14.3 Å². The highest BCUT2D eigenvalue weighted by Gasteiger charge is 2.14. The molecule has 6 heteroatoms. The number of rotatable bonds is 5. The van der Waals surface area contributed by atoms with E-state index in [1.165, 1.54) is 16.9 Å². The van der Waals surface area contributed by atoms with Crippen molar-refractivity contribution in [3.63, 3.8) is 0 Å². The Morgan fingerprint density at radius 3 is 2.48 bits per heavy atom. The number of ether oxygens (including phenoxy) is 2. The van der Waals surface area contributed by atoms with Crippen molar-refractivity contribution in [2.24, 2.45) is 0 Å². The molecule has 6 nitrogen and oxygen atoms in total. The summed E-state index contributed by atoms with van der Waals surface area (Å²) in [5.41, 5.74) is 0.0212. The lowest BCUT2D eigenvalue weighted by Crippen LogP contribution is -2.22. The molecule has 0 spiro atoms. The van der Waals surface area contributed by atoms with Crippen molar-refractivity contribution >= 4 is 5.97 Å². The van der Waals surface area contributed by atoms with Crippen LogP contribution in [0.2, 0.25) is 0 Å². The zero-order valence-corrected chi connectivity index (χ0v) is 11.9. The number of carbonyl (C=O) groups excluding carboxylic acids is 1. The van der Waals surface area contributed by atoms with Crippen LogP contribution in [-0.4, -0.2) is 29.0 Å². The highest BCUT2D eigenvalue weighted by Crippen LogP contribution is 2.14. The molecule has 0 saturated heterocycles. The van der Waals surface area contributed by atoms with Gasteiger partial charge in [0.05, 0.1) is 18.9 Å². The molecule has 1 heterocycles. The van der Waals surface area contributed by atoms with Crippen molar-refractivity contribution in [1.82, 2.24) is 9.78 Å². The van der Waals surface area contributed by atoms with Gasteiger partial charge >= 0.3 is 5.97 Å². The van der Waals surface area contributed by atoms with Crippen molar-refractivity contribution in [1.29, 1.82) is 0 Å². The Bertz CT molecular complexity index is 677. The third-order valence-electron chi connectivity index (χ3n) is 2.69. The van der Waals surface area contributed by atoms with E-state index in [0.29, 0.717) is 12.3 Å². The molecule has 0 aliphatic carbocycles. The number of esters is 1. The van der Waals surface area contributed by atoms with Gasteiger partial charge in [-0.3, -0.25) is 4.79 Å². The first-order valence-electron chi connectivity index (χ1n) is 6.66. The summed E-state index contributed by atoms with van der Waals surface area (Å²) >= 11 is 0. The Kier molecular flexibility index (Phi) is 4.71. The monoisotopic (exact) mass is 288 g/mol. The molecular weight excluding hydrogens is 272 g/mol. The van der Waals surface area contributed by atoms with Gasteiger partial charge in [0.25, 0.3) is 0 Å². The summed E-state index contributed by atoms with van der Waals surface area (Å²) in [6, 6.07) is 8.45. The molecule has 2 rings (SSSR count). The van der Waals surface area contributed by atoms with Gasteiger partial charge in [-0.15, -0.1) is 0 Å². The second-order valence-electron chi connectivity index (χ2n) is 4.12. The molecule has 0 N–H and O–H groups in total. The fourth-order valence-corrected chi connectivity index (χ4v) is 1.75.